The number of halogens is 2. The second kappa shape index (κ2) is 16.9. The second-order valence-electron chi connectivity index (χ2n) is 8.78. The highest BCUT2D eigenvalue weighted by molar-refractivity contribution is 5.92. The minimum atomic E-state index is -2.73. The van der Waals surface area contributed by atoms with Gasteiger partial charge in [0, 0.05) is 19.5 Å². The lowest BCUT2D eigenvalue weighted by Gasteiger charge is -2.15. The molecule has 0 atom stereocenters. The third-order valence-electron chi connectivity index (χ3n) is 5.60. The van der Waals surface area contributed by atoms with Crippen molar-refractivity contribution in [2.45, 2.75) is 67.7 Å². The third kappa shape index (κ3) is 11.2. The molecule has 39 heavy (non-hydrogen) atoms. The molecule has 3 rings (SSSR count). The van der Waals surface area contributed by atoms with Crippen LogP contribution >= 0.6 is 0 Å². The van der Waals surface area contributed by atoms with Crippen LogP contribution in [0, 0.1) is 13.8 Å². The van der Waals surface area contributed by atoms with Crippen molar-refractivity contribution in [1.82, 2.24) is 9.55 Å². The fourth-order valence-corrected chi connectivity index (χ4v) is 3.62. The summed E-state index contributed by atoms with van der Waals surface area (Å²) in [5.74, 6) is -3.02. The normalized spacial score (nSPS) is 10.7. The number of aryl methyl sites for hydroxylation is 3. The summed E-state index contributed by atoms with van der Waals surface area (Å²) in [5, 5.41) is 0. The van der Waals surface area contributed by atoms with Gasteiger partial charge in [0.1, 0.15) is 6.29 Å². The number of hydrogen-bond donors (Lipinski definition) is 1. The van der Waals surface area contributed by atoms with Gasteiger partial charge >= 0.3 is 11.7 Å². The van der Waals surface area contributed by atoms with Crippen LogP contribution < -0.4 is 5.69 Å². The molecule has 0 fully saturated rings. The van der Waals surface area contributed by atoms with Gasteiger partial charge in [-0.2, -0.15) is 0 Å². The van der Waals surface area contributed by atoms with Crippen LogP contribution in [0.25, 0.3) is 11.0 Å². The quantitative estimate of drug-likeness (QED) is 0.160. The van der Waals surface area contributed by atoms with Crippen LogP contribution in [0.3, 0.4) is 0 Å². The second-order valence-corrected chi connectivity index (χ2v) is 8.78. The molecule has 1 heterocycles. The highest BCUT2D eigenvalue weighted by atomic mass is 19.3. The van der Waals surface area contributed by atoms with E-state index in [-0.39, 0.29) is 17.2 Å². The SMILES string of the molecule is C=C(C)/C(=C\C)C(=O)OCC.CC=O.CCc1cccc(C(C)(F)F)c1C.Cc1ccc2[nH]c(=O)n(C)c2c1. The average Bonchev–Trinajstić information content (AvgIpc) is 3.13. The Hall–Kier alpha value is -3.81. The predicted octanol–water partition coefficient (Wildman–Crippen LogP) is 7.12. The van der Waals surface area contributed by atoms with Crippen molar-refractivity contribution >= 4 is 23.3 Å². The van der Waals surface area contributed by atoms with Crippen molar-refractivity contribution in [1.29, 1.82) is 0 Å². The molecule has 214 valence electrons. The van der Waals surface area contributed by atoms with E-state index in [9.17, 15) is 18.4 Å². The number of nitrogens with one attached hydrogen (secondary N) is 1. The lowest BCUT2D eigenvalue weighted by atomic mass is 9.97. The predicted molar refractivity (Wildman–Crippen MR) is 155 cm³/mol. The summed E-state index contributed by atoms with van der Waals surface area (Å²) in [6.07, 6.45) is 3.26. The van der Waals surface area contributed by atoms with Gasteiger partial charge in [-0.1, -0.05) is 43.8 Å². The number of aromatic nitrogens is 2. The Kier molecular flexibility index (Phi) is 15.3. The van der Waals surface area contributed by atoms with E-state index in [1.165, 1.54) is 13.0 Å². The highest BCUT2D eigenvalue weighted by Crippen LogP contribution is 2.31. The zero-order valence-corrected chi connectivity index (χ0v) is 24.6. The topological polar surface area (TPSA) is 81.2 Å². The summed E-state index contributed by atoms with van der Waals surface area (Å²) in [7, 11) is 1.76. The van der Waals surface area contributed by atoms with Gasteiger partial charge < -0.3 is 14.5 Å². The van der Waals surface area contributed by atoms with E-state index in [1.54, 1.807) is 51.5 Å². The molecule has 8 heteroatoms. The Bertz CT molecular complexity index is 1330. The van der Waals surface area contributed by atoms with Crippen LogP contribution in [0.15, 0.2) is 65.0 Å². The summed E-state index contributed by atoms with van der Waals surface area (Å²) in [4.78, 5) is 33.8. The van der Waals surface area contributed by atoms with E-state index in [2.05, 4.69) is 11.6 Å². The molecule has 0 aliphatic heterocycles. The van der Waals surface area contributed by atoms with Crippen LogP contribution in [0.2, 0.25) is 0 Å². The van der Waals surface area contributed by atoms with Crippen molar-refractivity contribution in [3.63, 3.8) is 0 Å². The van der Waals surface area contributed by atoms with E-state index >= 15 is 0 Å². The molecule has 1 aromatic heterocycles. The number of carbonyl (C=O) groups excluding carboxylic acids is 2. The Balaban J connectivity index is 0.000000530. The first-order valence-corrected chi connectivity index (χ1v) is 12.7. The Morgan fingerprint density at radius 2 is 1.74 bits per heavy atom. The Morgan fingerprint density at radius 3 is 2.21 bits per heavy atom. The van der Waals surface area contributed by atoms with Gasteiger partial charge in [0.2, 0.25) is 0 Å². The van der Waals surface area contributed by atoms with Gasteiger partial charge in [-0.05, 0) is 82.4 Å². The molecule has 0 amide bonds. The first-order valence-electron chi connectivity index (χ1n) is 12.7. The number of benzene rings is 2. The summed E-state index contributed by atoms with van der Waals surface area (Å²) < 4.78 is 32.5. The van der Waals surface area contributed by atoms with Crippen LogP contribution in [-0.2, 0) is 33.7 Å². The van der Waals surface area contributed by atoms with E-state index in [0.29, 0.717) is 12.2 Å². The molecular formula is C31H42F2N2O4. The number of nitrogens with zero attached hydrogens (tertiary/aromatic N) is 1. The first kappa shape index (κ1) is 35.2. The van der Waals surface area contributed by atoms with Crippen LogP contribution in [0.1, 0.15) is 63.8 Å². The Morgan fingerprint density at radius 1 is 1.15 bits per heavy atom. The summed E-state index contributed by atoms with van der Waals surface area (Å²) >= 11 is 0. The summed E-state index contributed by atoms with van der Waals surface area (Å²) in [6, 6.07) is 11.0. The minimum Gasteiger partial charge on any atom is -0.462 e. The molecule has 0 saturated carbocycles. The number of aromatic amines is 1. The third-order valence-corrected chi connectivity index (χ3v) is 5.60. The van der Waals surface area contributed by atoms with Crippen molar-refractivity contribution < 1.29 is 23.1 Å². The number of alkyl halides is 2. The molecule has 0 bridgehead atoms. The smallest absolute Gasteiger partial charge is 0.338 e. The average molecular weight is 545 g/mol. The van der Waals surface area contributed by atoms with Crippen molar-refractivity contribution in [3.05, 3.63) is 92.9 Å². The van der Waals surface area contributed by atoms with Gasteiger partial charge in [0.15, 0.2) is 0 Å². The van der Waals surface area contributed by atoms with Crippen LogP contribution in [-0.4, -0.2) is 28.4 Å². The van der Waals surface area contributed by atoms with Gasteiger partial charge in [-0.3, -0.25) is 4.57 Å². The maximum absolute atomic E-state index is 13.0. The molecule has 0 aliphatic rings. The van der Waals surface area contributed by atoms with E-state index in [4.69, 9.17) is 9.53 Å². The zero-order chi connectivity index (χ0) is 30.3. The minimum absolute atomic E-state index is 0.0596. The van der Waals surface area contributed by atoms with Crippen LogP contribution in [0.4, 0.5) is 8.78 Å². The Labute approximate surface area is 230 Å². The zero-order valence-electron chi connectivity index (χ0n) is 24.6. The molecule has 3 aromatic rings. The summed E-state index contributed by atoms with van der Waals surface area (Å²) in [5.41, 5.74) is 6.13. The number of H-pyrrole nitrogens is 1. The maximum Gasteiger partial charge on any atom is 0.338 e. The number of ether oxygens (including phenoxy) is 1. The standard InChI is InChI=1S/C11H14F2.C9H10N2O.C9H14O2.C2H4O/c1-4-9-6-5-7-10(8(9)2)11(3,12)13;1-6-3-4-7-8(5-6)11(2)9(12)10-7;1-5-8(7(3)4)9(10)11-6-2;1-2-3/h5-7H,4H2,1-3H3;3-5H,1-2H3,(H,10,12);5H,3,6H2,1-2,4H3;2H,1H3/b;;8-5+;. The number of hydrogen-bond acceptors (Lipinski definition) is 4. The summed E-state index contributed by atoms with van der Waals surface area (Å²) in [6.45, 7) is 17.5. The van der Waals surface area contributed by atoms with Gasteiger partial charge in [0.25, 0.3) is 5.92 Å². The maximum atomic E-state index is 13.0. The molecule has 2 aromatic carbocycles. The van der Waals surface area contributed by atoms with E-state index < -0.39 is 5.92 Å². The van der Waals surface area contributed by atoms with Gasteiger partial charge in [-0.25, -0.2) is 18.4 Å². The van der Waals surface area contributed by atoms with E-state index in [0.717, 1.165) is 52.9 Å². The number of rotatable bonds is 5. The molecule has 0 aliphatic carbocycles. The molecular weight excluding hydrogens is 502 g/mol. The fraction of sp³-hybridized carbons (Fsp3) is 0.387. The molecule has 0 radical (unpaired) electrons. The van der Waals surface area contributed by atoms with Gasteiger partial charge in [0.05, 0.1) is 23.2 Å². The number of carbonyl (C=O) groups is 2. The number of imidazole rings is 1. The first-order chi connectivity index (χ1) is 18.2. The highest BCUT2D eigenvalue weighted by Gasteiger charge is 2.26. The van der Waals surface area contributed by atoms with Crippen LogP contribution in [0.5, 0.6) is 0 Å². The molecule has 6 nitrogen and oxygen atoms in total. The number of allylic oxidation sites excluding steroid dienone is 1. The number of aldehydes is 1. The monoisotopic (exact) mass is 544 g/mol. The number of esters is 1. The number of fused-ring (bicyclic) bond motifs is 1. The van der Waals surface area contributed by atoms with E-state index in [1.807, 2.05) is 38.1 Å². The van der Waals surface area contributed by atoms with Crippen molar-refractivity contribution in [2.24, 2.45) is 7.05 Å². The molecule has 1 N–H and O–H groups in total. The lowest BCUT2D eigenvalue weighted by Crippen LogP contribution is -2.11. The fourth-order valence-electron chi connectivity index (χ4n) is 3.62. The lowest BCUT2D eigenvalue weighted by molar-refractivity contribution is -0.138. The molecule has 0 unspecified atom stereocenters. The van der Waals surface area contributed by atoms with Gasteiger partial charge in [-0.15, -0.1) is 0 Å². The van der Waals surface area contributed by atoms with Crippen molar-refractivity contribution in [3.8, 4) is 0 Å². The molecule has 0 saturated heterocycles. The van der Waals surface area contributed by atoms with Crippen molar-refractivity contribution in [2.75, 3.05) is 6.61 Å². The molecule has 0 spiro atoms. The largest absolute Gasteiger partial charge is 0.462 e.